The molecule has 0 saturated carbocycles. The van der Waals surface area contributed by atoms with Gasteiger partial charge in [0.15, 0.2) is 5.76 Å². The molecule has 0 bridgehead atoms. The average Bonchev–Trinajstić information content (AvgIpc) is 3.09. The fourth-order valence-corrected chi connectivity index (χ4v) is 3.53. The minimum Gasteiger partial charge on any atom is -0.451 e. The largest absolute Gasteiger partial charge is 0.451 e. The van der Waals surface area contributed by atoms with Crippen LogP contribution in [0.3, 0.4) is 0 Å². The standard InChI is InChI=1S/C15H10BrClN2O3S/c1-7-9-6-8(17)2-3-10(9)22-13(7)15(21)19-18-14(20)11-4-5-12(16)23-11/h2-6H,1H3,(H,18,20)(H,19,21). The molecule has 0 aliphatic rings. The summed E-state index contributed by atoms with van der Waals surface area (Å²) < 4.78 is 6.36. The van der Waals surface area contributed by atoms with E-state index in [9.17, 15) is 9.59 Å². The lowest BCUT2D eigenvalue weighted by Gasteiger charge is -2.04. The molecule has 0 aliphatic carbocycles. The molecule has 0 saturated heterocycles. The van der Waals surface area contributed by atoms with E-state index in [1.807, 2.05) is 0 Å². The predicted molar refractivity (Wildman–Crippen MR) is 92.9 cm³/mol. The first kappa shape index (κ1) is 16.0. The summed E-state index contributed by atoms with van der Waals surface area (Å²) in [4.78, 5) is 24.6. The Morgan fingerprint density at radius 1 is 1.17 bits per heavy atom. The minimum absolute atomic E-state index is 0.134. The number of hydrogen-bond acceptors (Lipinski definition) is 4. The minimum atomic E-state index is -0.529. The van der Waals surface area contributed by atoms with E-state index < -0.39 is 11.8 Å². The van der Waals surface area contributed by atoms with Gasteiger partial charge >= 0.3 is 5.91 Å². The number of furan rings is 1. The van der Waals surface area contributed by atoms with Gasteiger partial charge in [-0.05, 0) is 53.2 Å². The Morgan fingerprint density at radius 2 is 1.91 bits per heavy atom. The molecule has 8 heteroatoms. The van der Waals surface area contributed by atoms with E-state index in [1.165, 1.54) is 11.3 Å². The molecule has 2 N–H and O–H groups in total. The number of benzene rings is 1. The van der Waals surface area contributed by atoms with E-state index in [4.69, 9.17) is 16.0 Å². The number of rotatable bonds is 2. The van der Waals surface area contributed by atoms with Crippen LogP contribution < -0.4 is 10.9 Å². The molecular weight excluding hydrogens is 404 g/mol. The van der Waals surface area contributed by atoms with E-state index >= 15 is 0 Å². The SMILES string of the molecule is Cc1c(C(=O)NNC(=O)c2ccc(Br)s2)oc2ccc(Cl)cc12. The van der Waals surface area contributed by atoms with Gasteiger partial charge in [-0.25, -0.2) is 0 Å². The number of carbonyl (C=O) groups is 2. The van der Waals surface area contributed by atoms with Crippen molar-refractivity contribution in [3.63, 3.8) is 0 Å². The highest BCUT2D eigenvalue weighted by atomic mass is 79.9. The van der Waals surface area contributed by atoms with Crippen LogP contribution in [0.1, 0.15) is 25.8 Å². The quantitative estimate of drug-likeness (QED) is 0.616. The number of aryl methyl sites for hydroxylation is 1. The number of amides is 2. The Kier molecular flexibility index (Phi) is 4.43. The third-order valence-electron chi connectivity index (χ3n) is 3.19. The number of halogens is 2. The van der Waals surface area contributed by atoms with E-state index in [-0.39, 0.29) is 5.76 Å². The summed E-state index contributed by atoms with van der Waals surface area (Å²) in [6, 6.07) is 8.53. The summed E-state index contributed by atoms with van der Waals surface area (Å²) in [6.07, 6.45) is 0. The fraction of sp³-hybridized carbons (Fsp3) is 0.0667. The van der Waals surface area contributed by atoms with Crippen molar-refractivity contribution < 1.29 is 14.0 Å². The maximum absolute atomic E-state index is 12.2. The van der Waals surface area contributed by atoms with Gasteiger partial charge in [-0.2, -0.15) is 0 Å². The van der Waals surface area contributed by atoms with Crippen LogP contribution in [0, 0.1) is 6.92 Å². The first-order chi connectivity index (χ1) is 11.0. The molecule has 2 aromatic heterocycles. The van der Waals surface area contributed by atoms with E-state index in [1.54, 1.807) is 37.3 Å². The molecular formula is C15H10BrClN2O3S. The second-order valence-corrected chi connectivity index (χ2v) is 7.61. The number of hydrazine groups is 1. The van der Waals surface area contributed by atoms with Crippen LogP contribution in [0.25, 0.3) is 11.0 Å². The molecule has 0 aliphatic heterocycles. The van der Waals surface area contributed by atoms with Crippen LogP contribution >= 0.6 is 38.9 Å². The summed E-state index contributed by atoms with van der Waals surface area (Å²) in [7, 11) is 0. The summed E-state index contributed by atoms with van der Waals surface area (Å²) in [5.74, 6) is -0.792. The zero-order valence-corrected chi connectivity index (χ0v) is 14.9. The summed E-state index contributed by atoms with van der Waals surface area (Å²) in [6.45, 7) is 1.76. The molecule has 0 atom stereocenters. The van der Waals surface area contributed by atoms with Crippen molar-refractivity contribution >= 4 is 61.7 Å². The molecule has 2 amide bonds. The van der Waals surface area contributed by atoms with Crippen molar-refractivity contribution in [3.05, 3.63) is 55.3 Å². The first-order valence-electron chi connectivity index (χ1n) is 6.50. The molecule has 23 heavy (non-hydrogen) atoms. The number of fused-ring (bicyclic) bond motifs is 1. The Hall–Kier alpha value is -1.83. The monoisotopic (exact) mass is 412 g/mol. The second-order valence-electron chi connectivity index (χ2n) is 4.71. The highest BCUT2D eigenvalue weighted by molar-refractivity contribution is 9.11. The third-order valence-corrected chi connectivity index (χ3v) is 5.05. The van der Waals surface area contributed by atoms with E-state index in [0.717, 1.165) is 9.17 Å². The maximum Gasteiger partial charge on any atom is 0.305 e. The first-order valence-corrected chi connectivity index (χ1v) is 8.49. The molecule has 5 nitrogen and oxygen atoms in total. The van der Waals surface area contributed by atoms with Gasteiger partial charge in [-0.1, -0.05) is 11.6 Å². The van der Waals surface area contributed by atoms with Crippen LogP contribution in [0.2, 0.25) is 5.02 Å². The van der Waals surface area contributed by atoms with Crippen LogP contribution in [0.4, 0.5) is 0 Å². The molecule has 1 aromatic carbocycles. The highest BCUT2D eigenvalue weighted by Gasteiger charge is 2.19. The van der Waals surface area contributed by atoms with Crippen molar-refractivity contribution in [2.24, 2.45) is 0 Å². The zero-order chi connectivity index (χ0) is 16.6. The summed E-state index contributed by atoms with van der Waals surface area (Å²) >= 11 is 10.5. The van der Waals surface area contributed by atoms with Crippen LogP contribution in [-0.2, 0) is 0 Å². The van der Waals surface area contributed by atoms with Gasteiger partial charge in [0, 0.05) is 16.0 Å². The smallest absolute Gasteiger partial charge is 0.305 e. The molecule has 118 valence electrons. The zero-order valence-electron chi connectivity index (χ0n) is 11.8. The molecule has 0 fully saturated rings. The number of nitrogens with one attached hydrogen (secondary N) is 2. The fourth-order valence-electron chi connectivity index (χ4n) is 2.08. The van der Waals surface area contributed by atoms with Gasteiger partial charge in [-0.15, -0.1) is 11.3 Å². The summed E-state index contributed by atoms with van der Waals surface area (Å²) in [5, 5.41) is 1.32. The summed E-state index contributed by atoms with van der Waals surface area (Å²) in [5.41, 5.74) is 5.93. The van der Waals surface area contributed by atoms with Crippen LogP contribution in [-0.4, -0.2) is 11.8 Å². The number of thiophene rings is 1. The van der Waals surface area contributed by atoms with E-state index in [2.05, 4.69) is 26.8 Å². The van der Waals surface area contributed by atoms with Gasteiger partial charge in [0.2, 0.25) is 0 Å². The number of carbonyl (C=O) groups excluding carboxylic acids is 2. The van der Waals surface area contributed by atoms with Crippen molar-refractivity contribution in [3.8, 4) is 0 Å². The van der Waals surface area contributed by atoms with Crippen LogP contribution in [0.5, 0.6) is 0 Å². The van der Waals surface area contributed by atoms with Crippen LogP contribution in [0.15, 0.2) is 38.5 Å². The molecule has 0 unspecified atom stereocenters. The van der Waals surface area contributed by atoms with Gasteiger partial charge in [0.25, 0.3) is 5.91 Å². The lowest BCUT2D eigenvalue weighted by Crippen LogP contribution is -2.41. The predicted octanol–water partition coefficient (Wildman–Crippen LogP) is 4.29. The highest BCUT2D eigenvalue weighted by Crippen LogP contribution is 2.27. The van der Waals surface area contributed by atoms with Gasteiger partial charge < -0.3 is 4.42 Å². The lowest BCUT2D eigenvalue weighted by molar-refractivity contribution is 0.0833. The average molecular weight is 414 g/mol. The molecule has 0 spiro atoms. The molecule has 3 aromatic rings. The van der Waals surface area contributed by atoms with Crippen molar-refractivity contribution in [2.75, 3.05) is 0 Å². The maximum atomic E-state index is 12.2. The normalized spacial score (nSPS) is 10.7. The van der Waals surface area contributed by atoms with Crippen molar-refractivity contribution in [2.45, 2.75) is 6.92 Å². The second kappa shape index (κ2) is 6.35. The van der Waals surface area contributed by atoms with Gasteiger partial charge in [0.05, 0.1) is 8.66 Å². The topological polar surface area (TPSA) is 71.3 Å². The van der Waals surface area contributed by atoms with E-state index in [0.29, 0.717) is 21.0 Å². The molecule has 2 heterocycles. The third kappa shape index (κ3) is 3.26. The van der Waals surface area contributed by atoms with Gasteiger partial charge in [-0.3, -0.25) is 20.4 Å². The number of hydrogen-bond donors (Lipinski definition) is 2. The lowest BCUT2D eigenvalue weighted by atomic mass is 10.1. The van der Waals surface area contributed by atoms with Crippen molar-refractivity contribution in [1.82, 2.24) is 10.9 Å². The molecule has 3 rings (SSSR count). The Bertz CT molecular complexity index is 919. The Balaban J connectivity index is 1.76. The van der Waals surface area contributed by atoms with Gasteiger partial charge in [0.1, 0.15) is 5.58 Å². The van der Waals surface area contributed by atoms with Crippen molar-refractivity contribution in [1.29, 1.82) is 0 Å². The Labute approximate surface area is 148 Å². The Morgan fingerprint density at radius 3 is 2.61 bits per heavy atom. The molecule has 0 radical (unpaired) electrons.